The molecule has 4 nitrogen and oxygen atoms in total. The summed E-state index contributed by atoms with van der Waals surface area (Å²) >= 11 is 3.45. The van der Waals surface area contributed by atoms with Gasteiger partial charge in [-0.25, -0.2) is 4.79 Å². The number of likely N-dealkylation sites (tertiary alicyclic amines) is 1. The lowest BCUT2D eigenvalue weighted by Gasteiger charge is -2.23. The number of aliphatic hydroxyl groups is 1. The Morgan fingerprint density at radius 2 is 2.35 bits per heavy atom. The quantitative estimate of drug-likeness (QED) is 0.809. The van der Waals surface area contributed by atoms with Crippen molar-refractivity contribution in [3.63, 3.8) is 0 Å². The molecule has 0 radical (unpaired) electrons. The Bertz CT molecular complexity index is 453. The van der Waals surface area contributed by atoms with Crippen molar-refractivity contribution >= 4 is 22.0 Å². The first-order chi connectivity index (χ1) is 9.70. The van der Waals surface area contributed by atoms with Crippen LogP contribution in [0.1, 0.15) is 24.8 Å². The molecule has 1 unspecified atom stereocenters. The third kappa shape index (κ3) is 4.21. The lowest BCUT2D eigenvalue weighted by atomic mass is 10.1. The maximum Gasteiger partial charge on any atom is 0.317 e. The highest BCUT2D eigenvalue weighted by Crippen LogP contribution is 2.16. The minimum atomic E-state index is -0.0456. The minimum absolute atomic E-state index is 0.0000729. The number of urea groups is 1. The van der Waals surface area contributed by atoms with Crippen molar-refractivity contribution in [1.82, 2.24) is 10.2 Å². The van der Waals surface area contributed by atoms with Gasteiger partial charge in [0.2, 0.25) is 0 Å². The topological polar surface area (TPSA) is 52.6 Å². The zero-order valence-corrected chi connectivity index (χ0v) is 13.1. The highest BCUT2D eigenvalue weighted by molar-refractivity contribution is 9.10. The molecule has 5 heteroatoms. The summed E-state index contributed by atoms with van der Waals surface area (Å²) in [6.07, 6.45) is 3.75. The molecule has 1 aromatic carbocycles. The van der Waals surface area contributed by atoms with Crippen molar-refractivity contribution in [1.29, 1.82) is 0 Å². The van der Waals surface area contributed by atoms with E-state index >= 15 is 0 Å². The van der Waals surface area contributed by atoms with E-state index in [1.807, 2.05) is 12.1 Å². The smallest absolute Gasteiger partial charge is 0.317 e. The molecule has 0 aliphatic carbocycles. The number of amides is 2. The van der Waals surface area contributed by atoms with Gasteiger partial charge >= 0.3 is 6.03 Å². The van der Waals surface area contributed by atoms with Crippen LogP contribution < -0.4 is 5.32 Å². The van der Waals surface area contributed by atoms with Gasteiger partial charge in [0, 0.05) is 17.6 Å². The van der Waals surface area contributed by atoms with Crippen LogP contribution in [0, 0.1) is 0 Å². The van der Waals surface area contributed by atoms with Crippen LogP contribution in [0.4, 0.5) is 4.79 Å². The van der Waals surface area contributed by atoms with Crippen molar-refractivity contribution in [3.05, 3.63) is 34.3 Å². The number of nitrogens with one attached hydrogen (secondary N) is 1. The van der Waals surface area contributed by atoms with Crippen LogP contribution >= 0.6 is 15.9 Å². The number of nitrogens with zero attached hydrogens (tertiary/aromatic N) is 1. The lowest BCUT2D eigenvalue weighted by molar-refractivity contribution is 0.157. The number of halogens is 1. The number of benzene rings is 1. The molecule has 20 heavy (non-hydrogen) atoms. The first-order valence-electron chi connectivity index (χ1n) is 7.10. The van der Waals surface area contributed by atoms with Crippen molar-refractivity contribution in [2.45, 2.75) is 31.7 Å². The average molecular weight is 341 g/mol. The predicted molar refractivity (Wildman–Crippen MR) is 82.7 cm³/mol. The van der Waals surface area contributed by atoms with Gasteiger partial charge < -0.3 is 15.3 Å². The monoisotopic (exact) mass is 340 g/mol. The fraction of sp³-hybridized carbons (Fsp3) is 0.533. The number of aliphatic hydroxyl groups excluding tert-OH is 1. The van der Waals surface area contributed by atoms with Crippen LogP contribution in [0.25, 0.3) is 0 Å². The standard InChI is InChI=1S/C15H21BrN2O2/c16-13-6-1-4-12(10-13)5-2-8-17-15(20)18-9-3-7-14(18)11-19/h1,4,6,10,14,19H,2-3,5,7-9,11H2,(H,17,20). The molecule has 2 rings (SSSR count). The van der Waals surface area contributed by atoms with E-state index in [1.54, 1.807) is 4.90 Å². The van der Waals surface area contributed by atoms with Crippen LogP contribution in [0.15, 0.2) is 28.7 Å². The molecule has 0 aromatic heterocycles. The summed E-state index contributed by atoms with van der Waals surface area (Å²) in [4.78, 5) is 13.7. The van der Waals surface area contributed by atoms with E-state index in [1.165, 1.54) is 5.56 Å². The van der Waals surface area contributed by atoms with E-state index in [2.05, 4.69) is 33.4 Å². The summed E-state index contributed by atoms with van der Waals surface area (Å²) < 4.78 is 1.09. The second kappa shape index (κ2) is 7.64. The Balaban J connectivity index is 1.69. The molecule has 1 aliphatic rings. The fourth-order valence-corrected chi connectivity index (χ4v) is 3.02. The molecule has 1 aromatic rings. The van der Waals surface area contributed by atoms with Crippen molar-refractivity contribution in [2.75, 3.05) is 19.7 Å². The van der Waals surface area contributed by atoms with Crippen LogP contribution in [0.3, 0.4) is 0 Å². The van der Waals surface area contributed by atoms with E-state index in [4.69, 9.17) is 0 Å². The molecule has 1 atom stereocenters. The molecule has 0 bridgehead atoms. The van der Waals surface area contributed by atoms with Crippen LogP contribution in [0.2, 0.25) is 0 Å². The van der Waals surface area contributed by atoms with Gasteiger partial charge in [-0.2, -0.15) is 0 Å². The number of aryl methyl sites for hydroxylation is 1. The first-order valence-corrected chi connectivity index (χ1v) is 7.90. The van der Waals surface area contributed by atoms with Gasteiger partial charge in [0.1, 0.15) is 0 Å². The Morgan fingerprint density at radius 3 is 3.10 bits per heavy atom. The maximum atomic E-state index is 12.0. The summed E-state index contributed by atoms with van der Waals surface area (Å²) in [6.45, 7) is 1.48. The third-order valence-electron chi connectivity index (χ3n) is 3.66. The SMILES string of the molecule is O=C(NCCCc1cccc(Br)c1)N1CCCC1CO. The van der Waals surface area contributed by atoms with Crippen LogP contribution in [-0.4, -0.2) is 41.8 Å². The first kappa shape index (κ1) is 15.3. The van der Waals surface area contributed by atoms with E-state index in [9.17, 15) is 9.90 Å². The normalized spacial score (nSPS) is 18.3. The van der Waals surface area contributed by atoms with Gasteiger partial charge in [0.05, 0.1) is 12.6 Å². The predicted octanol–water partition coefficient (Wildman–Crippen LogP) is 2.55. The average Bonchev–Trinajstić information content (AvgIpc) is 2.92. The summed E-state index contributed by atoms with van der Waals surface area (Å²) in [5.41, 5.74) is 1.27. The summed E-state index contributed by atoms with van der Waals surface area (Å²) in [5, 5.41) is 12.1. The molecule has 2 amide bonds. The van der Waals surface area contributed by atoms with Crippen molar-refractivity contribution in [3.8, 4) is 0 Å². The number of carbonyl (C=O) groups is 1. The van der Waals surface area contributed by atoms with Gasteiger partial charge in [-0.1, -0.05) is 28.1 Å². The highest BCUT2D eigenvalue weighted by atomic mass is 79.9. The molecule has 1 fully saturated rings. The lowest BCUT2D eigenvalue weighted by Crippen LogP contribution is -2.44. The molecule has 1 saturated heterocycles. The maximum absolute atomic E-state index is 12.0. The molecule has 2 N–H and O–H groups in total. The number of hydrogen-bond acceptors (Lipinski definition) is 2. The fourth-order valence-electron chi connectivity index (χ4n) is 2.57. The van der Waals surface area contributed by atoms with Crippen LogP contribution in [-0.2, 0) is 6.42 Å². The van der Waals surface area contributed by atoms with Crippen LogP contribution in [0.5, 0.6) is 0 Å². The Morgan fingerprint density at radius 1 is 1.50 bits per heavy atom. The summed E-state index contributed by atoms with van der Waals surface area (Å²) in [5.74, 6) is 0. The molecule has 0 saturated carbocycles. The molecule has 110 valence electrons. The van der Waals surface area contributed by atoms with E-state index in [0.717, 1.165) is 36.7 Å². The van der Waals surface area contributed by atoms with Gasteiger partial charge in [0.15, 0.2) is 0 Å². The Labute approximate surface area is 128 Å². The number of carbonyl (C=O) groups excluding carboxylic acids is 1. The molecule has 0 spiro atoms. The number of hydrogen-bond donors (Lipinski definition) is 2. The Kier molecular flexibility index (Phi) is 5.86. The second-order valence-corrected chi connectivity index (χ2v) is 6.05. The number of rotatable bonds is 5. The van der Waals surface area contributed by atoms with E-state index in [0.29, 0.717) is 6.54 Å². The van der Waals surface area contributed by atoms with Gasteiger partial charge in [0.25, 0.3) is 0 Å². The van der Waals surface area contributed by atoms with E-state index in [-0.39, 0.29) is 18.7 Å². The van der Waals surface area contributed by atoms with Crippen molar-refractivity contribution < 1.29 is 9.90 Å². The zero-order valence-electron chi connectivity index (χ0n) is 11.5. The van der Waals surface area contributed by atoms with E-state index < -0.39 is 0 Å². The minimum Gasteiger partial charge on any atom is -0.394 e. The highest BCUT2D eigenvalue weighted by Gasteiger charge is 2.27. The largest absolute Gasteiger partial charge is 0.394 e. The third-order valence-corrected chi connectivity index (χ3v) is 4.15. The van der Waals surface area contributed by atoms with Crippen molar-refractivity contribution in [2.24, 2.45) is 0 Å². The van der Waals surface area contributed by atoms with Gasteiger partial charge in [-0.05, 0) is 43.4 Å². The second-order valence-electron chi connectivity index (χ2n) is 5.14. The van der Waals surface area contributed by atoms with Gasteiger partial charge in [-0.15, -0.1) is 0 Å². The Hall–Kier alpha value is -1.07. The summed E-state index contributed by atoms with van der Waals surface area (Å²) in [7, 11) is 0. The zero-order chi connectivity index (χ0) is 14.4. The summed E-state index contributed by atoms with van der Waals surface area (Å²) in [6, 6.07) is 8.18. The molecular weight excluding hydrogens is 320 g/mol. The molecule has 1 aliphatic heterocycles. The van der Waals surface area contributed by atoms with Gasteiger partial charge in [-0.3, -0.25) is 0 Å². The molecular formula is C15H21BrN2O2. The molecule has 1 heterocycles.